The fourth-order valence-electron chi connectivity index (χ4n) is 3.22. The van der Waals surface area contributed by atoms with E-state index in [4.69, 9.17) is 5.84 Å². The summed E-state index contributed by atoms with van der Waals surface area (Å²) in [5, 5.41) is 4.34. The Morgan fingerprint density at radius 1 is 1.30 bits per heavy atom. The van der Waals surface area contributed by atoms with Crippen LogP contribution in [-0.4, -0.2) is 20.8 Å². The van der Waals surface area contributed by atoms with E-state index < -0.39 is 0 Å². The fraction of sp³-hybridized carbons (Fsp3) is 0.867. The number of hydrazine groups is 1. The fourth-order valence-corrected chi connectivity index (χ4v) is 3.22. The van der Waals surface area contributed by atoms with Crippen LogP contribution < -0.4 is 11.3 Å². The van der Waals surface area contributed by atoms with Crippen molar-refractivity contribution < 1.29 is 0 Å². The van der Waals surface area contributed by atoms with Gasteiger partial charge in [-0.1, -0.05) is 39.5 Å². The maximum Gasteiger partial charge on any atom is 0.138 e. The first kappa shape index (κ1) is 15.4. The lowest BCUT2D eigenvalue weighted by Crippen LogP contribution is -2.43. The minimum absolute atomic E-state index is 0.322. The van der Waals surface area contributed by atoms with E-state index in [0.717, 1.165) is 18.8 Å². The molecule has 0 bridgehead atoms. The third kappa shape index (κ3) is 4.28. The summed E-state index contributed by atoms with van der Waals surface area (Å²) in [6.45, 7) is 5.34. The molecule has 1 aromatic rings. The Balaban J connectivity index is 2.00. The van der Waals surface area contributed by atoms with Gasteiger partial charge in [-0.15, -0.1) is 0 Å². The highest BCUT2D eigenvalue weighted by Gasteiger charge is 2.23. The molecule has 1 unspecified atom stereocenters. The number of rotatable bonds is 6. The van der Waals surface area contributed by atoms with E-state index in [1.807, 2.05) is 4.68 Å². The van der Waals surface area contributed by atoms with Crippen molar-refractivity contribution in [2.45, 2.75) is 71.4 Å². The summed E-state index contributed by atoms with van der Waals surface area (Å²) >= 11 is 0. The van der Waals surface area contributed by atoms with Gasteiger partial charge in [-0.25, -0.2) is 9.67 Å². The van der Waals surface area contributed by atoms with Crippen molar-refractivity contribution in [3.05, 3.63) is 12.2 Å². The Kier molecular flexibility index (Phi) is 5.98. The lowest BCUT2D eigenvalue weighted by atomic mass is 9.90. The lowest BCUT2D eigenvalue weighted by molar-refractivity contribution is 0.311. The highest BCUT2D eigenvalue weighted by Crippen LogP contribution is 2.26. The van der Waals surface area contributed by atoms with Crippen LogP contribution in [0.1, 0.15) is 58.2 Å². The highest BCUT2D eigenvalue weighted by atomic mass is 15.3. The minimum Gasteiger partial charge on any atom is -0.271 e. The molecule has 1 heterocycles. The van der Waals surface area contributed by atoms with Gasteiger partial charge in [0.2, 0.25) is 0 Å². The minimum atomic E-state index is 0.322. The Labute approximate surface area is 122 Å². The van der Waals surface area contributed by atoms with E-state index in [2.05, 4.69) is 29.4 Å². The predicted octanol–water partition coefficient (Wildman–Crippen LogP) is 2.28. The van der Waals surface area contributed by atoms with Crippen LogP contribution in [0.15, 0.2) is 6.33 Å². The van der Waals surface area contributed by atoms with Crippen molar-refractivity contribution in [3.8, 4) is 0 Å². The molecule has 1 aliphatic carbocycles. The Morgan fingerprint density at radius 3 is 2.60 bits per heavy atom. The van der Waals surface area contributed by atoms with Crippen molar-refractivity contribution in [1.29, 1.82) is 0 Å². The molecule has 0 spiro atoms. The second kappa shape index (κ2) is 7.74. The maximum atomic E-state index is 5.82. The lowest BCUT2D eigenvalue weighted by Gasteiger charge is -2.25. The van der Waals surface area contributed by atoms with Crippen LogP contribution in [0, 0.1) is 11.8 Å². The highest BCUT2D eigenvalue weighted by molar-refractivity contribution is 4.92. The second-order valence-electron chi connectivity index (χ2n) is 6.48. The van der Waals surface area contributed by atoms with E-state index in [9.17, 15) is 0 Å². The molecule has 2 rings (SSSR count). The Morgan fingerprint density at radius 2 is 2.00 bits per heavy atom. The van der Waals surface area contributed by atoms with Crippen LogP contribution >= 0.6 is 0 Å². The number of hydrogen-bond acceptors (Lipinski definition) is 4. The van der Waals surface area contributed by atoms with E-state index in [1.165, 1.54) is 38.5 Å². The average Bonchev–Trinajstić information content (AvgIpc) is 2.68. The summed E-state index contributed by atoms with van der Waals surface area (Å²) < 4.78 is 2.03. The van der Waals surface area contributed by atoms with Crippen LogP contribution in [-0.2, 0) is 13.0 Å². The summed E-state index contributed by atoms with van der Waals surface area (Å²) in [4.78, 5) is 4.43. The molecule has 0 aromatic carbocycles. The van der Waals surface area contributed by atoms with Gasteiger partial charge in [0.05, 0.1) is 0 Å². The SMILES string of the molecule is CC(C)Cn1ncnc1CC(NN)C1CCCCCC1. The van der Waals surface area contributed by atoms with Crippen LogP contribution in [0.2, 0.25) is 0 Å². The van der Waals surface area contributed by atoms with Crippen molar-refractivity contribution in [2.75, 3.05) is 0 Å². The van der Waals surface area contributed by atoms with Gasteiger partial charge in [0, 0.05) is 19.0 Å². The molecule has 1 aromatic heterocycles. The van der Waals surface area contributed by atoms with E-state index in [1.54, 1.807) is 6.33 Å². The predicted molar refractivity (Wildman–Crippen MR) is 80.9 cm³/mol. The number of nitrogens with two attached hydrogens (primary N) is 1. The molecule has 1 atom stereocenters. The first-order valence-corrected chi connectivity index (χ1v) is 8.03. The Hall–Kier alpha value is -0.940. The topological polar surface area (TPSA) is 68.8 Å². The molecule has 1 aliphatic rings. The maximum absolute atomic E-state index is 5.82. The van der Waals surface area contributed by atoms with Gasteiger partial charge >= 0.3 is 0 Å². The van der Waals surface area contributed by atoms with Crippen molar-refractivity contribution >= 4 is 0 Å². The van der Waals surface area contributed by atoms with Crippen LogP contribution in [0.5, 0.6) is 0 Å². The molecule has 5 nitrogen and oxygen atoms in total. The van der Waals surface area contributed by atoms with Gasteiger partial charge in [-0.3, -0.25) is 11.3 Å². The smallest absolute Gasteiger partial charge is 0.138 e. The summed E-state index contributed by atoms with van der Waals surface area (Å²) in [7, 11) is 0. The zero-order valence-corrected chi connectivity index (χ0v) is 12.9. The van der Waals surface area contributed by atoms with Crippen LogP contribution in [0.4, 0.5) is 0 Å². The molecule has 20 heavy (non-hydrogen) atoms. The molecule has 0 aliphatic heterocycles. The van der Waals surface area contributed by atoms with Gasteiger partial charge in [0.1, 0.15) is 12.2 Å². The van der Waals surface area contributed by atoms with Crippen molar-refractivity contribution in [2.24, 2.45) is 17.7 Å². The molecule has 114 valence electrons. The average molecular weight is 279 g/mol. The van der Waals surface area contributed by atoms with Crippen molar-refractivity contribution in [1.82, 2.24) is 20.2 Å². The molecule has 0 radical (unpaired) electrons. The zero-order chi connectivity index (χ0) is 14.4. The molecule has 1 fully saturated rings. The molecular formula is C15H29N5. The number of nitrogens with one attached hydrogen (secondary N) is 1. The second-order valence-corrected chi connectivity index (χ2v) is 6.48. The number of hydrogen-bond donors (Lipinski definition) is 2. The van der Waals surface area contributed by atoms with E-state index in [-0.39, 0.29) is 0 Å². The van der Waals surface area contributed by atoms with E-state index in [0.29, 0.717) is 17.9 Å². The van der Waals surface area contributed by atoms with Crippen LogP contribution in [0.25, 0.3) is 0 Å². The third-order valence-corrected chi connectivity index (χ3v) is 4.32. The summed E-state index contributed by atoms with van der Waals surface area (Å²) in [5.74, 6) is 8.13. The van der Waals surface area contributed by atoms with Crippen LogP contribution in [0.3, 0.4) is 0 Å². The van der Waals surface area contributed by atoms with Gasteiger partial charge in [-0.2, -0.15) is 5.10 Å². The molecule has 5 heteroatoms. The van der Waals surface area contributed by atoms with Gasteiger partial charge in [-0.05, 0) is 24.7 Å². The first-order chi connectivity index (χ1) is 9.70. The van der Waals surface area contributed by atoms with Gasteiger partial charge in [0.15, 0.2) is 0 Å². The summed E-state index contributed by atoms with van der Waals surface area (Å²) in [6.07, 6.45) is 10.5. The summed E-state index contributed by atoms with van der Waals surface area (Å²) in [6, 6.07) is 0.322. The Bertz CT molecular complexity index is 379. The van der Waals surface area contributed by atoms with Crippen molar-refractivity contribution in [3.63, 3.8) is 0 Å². The first-order valence-electron chi connectivity index (χ1n) is 8.03. The normalized spacial score (nSPS) is 19.2. The number of nitrogens with zero attached hydrogens (tertiary/aromatic N) is 3. The zero-order valence-electron chi connectivity index (χ0n) is 12.9. The molecule has 0 amide bonds. The standard InChI is InChI=1S/C15H29N5/c1-12(2)10-20-15(17-11-18-20)9-14(19-16)13-7-5-3-4-6-8-13/h11-14,19H,3-10,16H2,1-2H3. The largest absolute Gasteiger partial charge is 0.271 e. The molecular weight excluding hydrogens is 250 g/mol. The molecule has 0 saturated heterocycles. The van der Waals surface area contributed by atoms with Gasteiger partial charge in [0.25, 0.3) is 0 Å². The monoisotopic (exact) mass is 279 g/mol. The molecule has 3 N–H and O–H groups in total. The quantitative estimate of drug-likeness (QED) is 0.476. The third-order valence-electron chi connectivity index (χ3n) is 4.32. The molecule has 1 saturated carbocycles. The van der Waals surface area contributed by atoms with E-state index >= 15 is 0 Å². The summed E-state index contributed by atoms with van der Waals surface area (Å²) in [5.41, 5.74) is 3.04. The van der Waals surface area contributed by atoms with Gasteiger partial charge < -0.3 is 0 Å². The number of aromatic nitrogens is 3.